The summed E-state index contributed by atoms with van der Waals surface area (Å²) < 4.78 is 61.6. The highest BCUT2D eigenvalue weighted by Crippen LogP contribution is 2.55. The number of benzene rings is 1. The number of alkyl halides is 2. The smallest absolute Gasteiger partial charge is 0.191 e. The minimum absolute atomic E-state index is 0.0833. The van der Waals surface area contributed by atoms with E-state index < -0.39 is 28.4 Å². The topological polar surface area (TPSA) is 23.8 Å². The van der Waals surface area contributed by atoms with Crippen LogP contribution in [0, 0.1) is 11.3 Å². The van der Waals surface area contributed by atoms with Gasteiger partial charge in [-0.1, -0.05) is 24.3 Å². The molecule has 0 amide bonds. The van der Waals surface area contributed by atoms with Crippen molar-refractivity contribution >= 4 is 11.2 Å². The predicted octanol–water partition coefficient (Wildman–Crippen LogP) is 4.26. The molecule has 0 saturated heterocycles. The van der Waals surface area contributed by atoms with Gasteiger partial charge in [-0.15, -0.1) is 11.7 Å². The second-order valence-electron chi connectivity index (χ2n) is 3.03. The molecule has 0 unspecified atom stereocenters. The van der Waals surface area contributed by atoms with Crippen molar-refractivity contribution in [3.05, 3.63) is 35.4 Å². The van der Waals surface area contributed by atoms with Crippen LogP contribution >= 0.6 is 11.2 Å². The number of rotatable bonds is 3. The summed E-state index contributed by atoms with van der Waals surface area (Å²) in [5.41, 5.74) is -0.684. The number of hydrogen-bond donors (Lipinski definition) is 0. The van der Waals surface area contributed by atoms with Crippen LogP contribution in [0.1, 0.15) is 11.1 Å². The van der Waals surface area contributed by atoms with Crippen molar-refractivity contribution in [1.82, 2.24) is 0 Å². The normalized spacial score (nSPS) is 13.2. The first-order valence-electron chi connectivity index (χ1n) is 4.03. The fourth-order valence-electron chi connectivity index (χ4n) is 1.06. The van der Waals surface area contributed by atoms with Crippen molar-refractivity contribution in [2.75, 3.05) is 0 Å². The average Bonchev–Trinajstić information content (AvgIpc) is 2.16. The highest BCUT2D eigenvalue weighted by Gasteiger charge is 2.31. The predicted molar refractivity (Wildman–Crippen MR) is 50.6 cm³/mol. The molecule has 0 heterocycles. The van der Waals surface area contributed by atoms with Gasteiger partial charge in [-0.05, 0) is 5.56 Å². The molecule has 0 atom stereocenters. The summed E-state index contributed by atoms with van der Waals surface area (Å²) in [6.07, 6.45) is 0. The fourth-order valence-corrected chi connectivity index (χ4v) is 1.63. The van der Waals surface area contributed by atoms with Gasteiger partial charge in [-0.25, -0.2) is 0 Å². The number of nitriles is 1. The molecule has 0 N–H and O–H groups in total. The van der Waals surface area contributed by atoms with Crippen molar-refractivity contribution < 1.29 is 20.4 Å². The van der Waals surface area contributed by atoms with Crippen LogP contribution in [0.4, 0.5) is 20.4 Å². The van der Waals surface area contributed by atoms with Crippen LogP contribution < -0.4 is 0 Å². The van der Waals surface area contributed by atoms with E-state index in [1.165, 1.54) is 0 Å². The number of nitrogens with zero attached hydrogens (tertiary/aromatic N) is 1. The molecule has 1 aromatic rings. The molecule has 0 aliphatic heterocycles. The van der Waals surface area contributed by atoms with E-state index in [9.17, 15) is 20.4 Å². The van der Waals surface area contributed by atoms with E-state index in [1.54, 1.807) is 0 Å². The van der Waals surface area contributed by atoms with Crippen molar-refractivity contribution in [2.45, 2.75) is 11.7 Å². The first-order valence-corrected chi connectivity index (χ1v) is 5.53. The molecule has 1 aromatic carbocycles. The molecule has 1 rings (SSSR count). The van der Waals surface area contributed by atoms with E-state index in [0.717, 1.165) is 30.3 Å². The Morgan fingerprint density at radius 3 is 2.00 bits per heavy atom. The summed E-state index contributed by atoms with van der Waals surface area (Å²) >= 11 is -5.18. The molecule has 0 radical (unpaired) electrons. The standard InChI is InChI=1S/C9H6F5NS/c10-9(11,6-15)8-3-1-7(2-4-8)5-16(12,13)14/h1-4H,5H2. The van der Waals surface area contributed by atoms with E-state index in [4.69, 9.17) is 5.26 Å². The molecular weight excluding hydrogens is 249 g/mol. The third-order valence-electron chi connectivity index (χ3n) is 1.79. The third-order valence-corrected chi connectivity index (χ3v) is 2.45. The van der Waals surface area contributed by atoms with E-state index in [-0.39, 0.29) is 5.56 Å². The maximum atomic E-state index is 12.8. The molecule has 0 bridgehead atoms. The summed E-state index contributed by atoms with van der Waals surface area (Å²) in [5.74, 6) is -4.75. The molecule has 1 nitrogen and oxygen atoms in total. The fraction of sp³-hybridized carbons (Fsp3) is 0.222. The maximum absolute atomic E-state index is 12.8. The Kier molecular flexibility index (Phi) is 3.43. The van der Waals surface area contributed by atoms with Gasteiger partial charge >= 0.3 is 5.92 Å². The Morgan fingerprint density at radius 2 is 1.62 bits per heavy atom. The Balaban J connectivity index is 2.89. The summed E-state index contributed by atoms with van der Waals surface area (Å²) in [4.78, 5) is 0. The van der Waals surface area contributed by atoms with Gasteiger partial charge in [0.1, 0.15) is 6.07 Å². The Bertz CT molecular complexity index is 403. The van der Waals surface area contributed by atoms with Gasteiger partial charge in [0.15, 0.2) is 0 Å². The molecular formula is C9H6F5NS. The molecule has 0 spiro atoms. The zero-order valence-electron chi connectivity index (χ0n) is 7.76. The van der Waals surface area contributed by atoms with E-state index in [1.807, 2.05) is 0 Å². The minimum Gasteiger partial charge on any atom is -0.191 e. The maximum Gasteiger partial charge on any atom is 0.357 e. The Morgan fingerprint density at radius 1 is 1.12 bits per heavy atom. The molecule has 16 heavy (non-hydrogen) atoms. The lowest BCUT2D eigenvalue weighted by Crippen LogP contribution is -2.09. The first-order chi connectivity index (χ1) is 7.24. The van der Waals surface area contributed by atoms with E-state index in [0.29, 0.717) is 0 Å². The van der Waals surface area contributed by atoms with Crippen LogP contribution in [0.25, 0.3) is 0 Å². The van der Waals surface area contributed by atoms with Crippen LogP contribution in [-0.4, -0.2) is 0 Å². The summed E-state index contributed by atoms with van der Waals surface area (Å²) in [6, 6.07) is 4.37. The highest BCUT2D eigenvalue weighted by molar-refractivity contribution is 8.20. The van der Waals surface area contributed by atoms with Gasteiger partial charge in [-0.3, -0.25) is 0 Å². The summed E-state index contributed by atoms with van der Waals surface area (Å²) in [6.45, 7) is 0. The van der Waals surface area contributed by atoms with E-state index >= 15 is 0 Å². The van der Waals surface area contributed by atoms with Gasteiger partial charge < -0.3 is 0 Å². The summed E-state index contributed by atoms with van der Waals surface area (Å²) in [5, 5.41) is 8.13. The van der Waals surface area contributed by atoms with Crippen LogP contribution in [0.5, 0.6) is 0 Å². The molecule has 88 valence electrons. The Hall–Kier alpha value is -1.29. The van der Waals surface area contributed by atoms with Crippen molar-refractivity contribution in [2.24, 2.45) is 0 Å². The lowest BCUT2D eigenvalue weighted by molar-refractivity contribution is 0.0613. The molecule has 7 heteroatoms. The zero-order valence-corrected chi connectivity index (χ0v) is 8.58. The third kappa shape index (κ3) is 3.38. The lowest BCUT2D eigenvalue weighted by atomic mass is 10.1. The average molecular weight is 255 g/mol. The number of halogens is 5. The molecule has 0 aliphatic carbocycles. The SMILES string of the molecule is N#CC(F)(F)c1ccc(CS(F)(F)F)cc1. The van der Waals surface area contributed by atoms with Gasteiger partial charge in [0, 0.05) is 5.56 Å². The zero-order chi connectivity index (χ0) is 12.4. The quantitative estimate of drug-likeness (QED) is 0.740. The van der Waals surface area contributed by atoms with Gasteiger partial charge in [0.05, 0.1) is 5.75 Å². The van der Waals surface area contributed by atoms with Crippen molar-refractivity contribution in [1.29, 1.82) is 5.26 Å². The largest absolute Gasteiger partial charge is 0.357 e. The summed E-state index contributed by atoms with van der Waals surface area (Å²) in [7, 11) is 0. The molecule has 0 fully saturated rings. The molecule has 0 saturated carbocycles. The molecule has 0 aromatic heterocycles. The number of hydrogen-bond acceptors (Lipinski definition) is 1. The van der Waals surface area contributed by atoms with Gasteiger partial charge in [0.2, 0.25) is 11.2 Å². The molecule has 0 aliphatic rings. The minimum atomic E-state index is -5.18. The van der Waals surface area contributed by atoms with Crippen molar-refractivity contribution in [3.63, 3.8) is 0 Å². The first kappa shape index (κ1) is 12.8. The van der Waals surface area contributed by atoms with Crippen LogP contribution in [-0.2, 0) is 11.7 Å². The van der Waals surface area contributed by atoms with Crippen LogP contribution in [0.2, 0.25) is 0 Å². The van der Waals surface area contributed by atoms with Crippen molar-refractivity contribution in [3.8, 4) is 6.07 Å². The second-order valence-corrected chi connectivity index (χ2v) is 4.32. The highest BCUT2D eigenvalue weighted by atomic mass is 32.3. The monoisotopic (exact) mass is 255 g/mol. The van der Waals surface area contributed by atoms with E-state index in [2.05, 4.69) is 0 Å². The second kappa shape index (κ2) is 4.29. The Labute approximate surface area is 90.7 Å². The van der Waals surface area contributed by atoms with Gasteiger partial charge in [-0.2, -0.15) is 14.0 Å². The van der Waals surface area contributed by atoms with Crippen LogP contribution in [0.3, 0.4) is 0 Å². The van der Waals surface area contributed by atoms with Gasteiger partial charge in [0.25, 0.3) is 0 Å². The lowest BCUT2D eigenvalue weighted by Gasteiger charge is -2.11. The van der Waals surface area contributed by atoms with Crippen LogP contribution in [0.15, 0.2) is 24.3 Å².